The fraction of sp³-hybridized carbons (Fsp3) is 0.917. The smallest absolute Gasteiger partial charge is 0.407 e. The van der Waals surface area contributed by atoms with Gasteiger partial charge in [0.15, 0.2) is 0 Å². The summed E-state index contributed by atoms with van der Waals surface area (Å²) in [5.74, 6) is 0. The first kappa shape index (κ1) is 15.2. The van der Waals surface area contributed by atoms with Crippen LogP contribution < -0.4 is 11.1 Å². The van der Waals surface area contributed by atoms with Gasteiger partial charge in [0.05, 0.1) is 12.6 Å². The third-order valence-electron chi connectivity index (χ3n) is 2.75. The molecule has 3 N–H and O–H groups in total. The Balaban J connectivity index is 2.36. The number of carbonyl (C=O) groups excluding carboxylic acids is 1. The highest BCUT2D eigenvalue weighted by atomic mass is 16.6. The zero-order chi connectivity index (χ0) is 13.8. The molecule has 1 aliphatic heterocycles. The van der Waals surface area contributed by atoms with Gasteiger partial charge in [-0.15, -0.1) is 0 Å². The Morgan fingerprint density at radius 3 is 2.67 bits per heavy atom. The van der Waals surface area contributed by atoms with E-state index < -0.39 is 11.7 Å². The minimum atomic E-state index is -0.484. The van der Waals surface area contributed by atoms with Crippen molar-refractivity contribution in [2.75, 3.05) is 33.4 Å². The van der Waals surface area contributed by atoms with Crippen molar-refractivity contribution < 1.29 is 14.3 Å². The molecular formula is C12H25N3O3. The number of amides is 1. The average molecular weight is 259 g/mol. The maximum absolute atomic E-state index is 11.6. The van der Waals surface area contributed by atoms with Gasteiger partial charge in [-0.1, -0.05) is 0 Å². The van der Waals surface area contributed by atoms with E-state index in [4.69, 9.17) is 15.2 Å². The van der Waals surface area contributed by atoms with Crippen molar-refractivity contribution in [1.82, 2.24) is 10.2 Å². The molecule has 0 aliphatic carbocycles. The predicted molar refractivity (Wildman–Crippen MR) is 69.4 cm³/mol. The van der Waals surface area contributed by atoms with Crippen LogP contribution in [0.15, 0.2) is 0 Å². The Labute approximate surface area is 109 Å². The van der Waals surface area contributed by atoms with E-state index in [9.17, 15) is 4.79 Å². The van der Waals surface area contributed by atoms with Crippen molar-refractivity contribution in [1.29, 1.82) is 0 Å². The lowest BCUT2D eigenvalue weighted by Gasteiger charge is -2.23. The van der Waals surface area contributed by atoms with Crippen LogP contribution in [0.5, 0.6) is 0 Å². The Morgan fingerprint density at radius 1 is 1.44 bits per heavy atom. The van der Waals surface area contributed by atoms with Gasteiger partial charge in [0.1, 0.15) is 5.60 Å². The van der Waals surface area contributed by atoms with E-state index >= 15 is 0 Å². The number of hydrogen-bond acceptors (Lipinski definition) is 5. The number of methoxy groups -OCH3 is 1. The molecule has 0 saturated carbocycles. The Kier molecular flexibility index (Phi) is 5.37. The molecule has 1 heterocycles. The Morgan fingerprint density at radius 2 is 2.11 bits per heavy atom. The lowest BCUT2D eigenvalue weighted by Crippen LogP contribution is -2.48. The molecule has 0 aromatic heterocycles. The highest BCUT2D eigenvalue weighted by molar-refractivity contribution is 5.68. The van der Waals surface area contributed by atoms with Crippen molar-refractivity contribution >= 4 is 6.09 Å². The standard InChI is InChI=1S/C12H25N3O3/c1-12(2,3)18-11(16)14-10-8-15(5-6-17-4)7-9(10)13/h9-10H,5-8,13H2,1-4H3,(H,14,16)/t9-,10-/m1/s1. The van der Waals surface area contributed by atoms with Crippen LogP contribution in [0, 0.1) is 0 Å². The Hall–Kier alpha value is -0.850. The summed E-state index contributed by atoms with van der Waals surface area (Å²) in [5, 5.41) is 2.82. The van der Waals surface area contributed by atoms with Crippen LogP contribution in [0.4, 0.5) is 4.79 Å². The first-order valence-electron chi connectivity index (χ1n) is 6.28. The molecule has 106 valence electrons. The number of hydrogen-bond donors (Lipinski definition) is 2. The van der Waals surface area contributed by atoms with Crippen LogP contribution in [-0.2, 0) is 9.47 Å². The first-order chi connectivity index (χ1) is 8.31. The second-order valence-electron chi connectivity index (χ2n) is 5.67. The fourth-order valence-electron chi connectivity index (χ4n) is 1.93. The molecule has 0 aromatic carbocycles. The van der Waals surface area contributed by atoms with Gasteiger partial charge in [-0.2, -0.15) is 0 Å². The molecule has 2 atom stereocenters. The van der Waals surface area contributed by atoms with E-state index in [0.717, 1.165) is 19.6 Å². The number of nitrogens with zero attached hydrogens (tertiary/aromatic N) is 1. The van der Waals surface area contributed by atoms with Crippen LogP contribution in [0.2, 0.25) is 0 Å². The second kappa shape index (κ2) is 6.36. The normalized spacial score (nSPS) is 25.2. The topological polar surface area (TPSA) is 76.8 Å². The molecule has 6 heteroatoms. The van der Waals surface area contributed by atoms with E-state index in [1.165, 1.54) is 0 Å². The van der Waals surface area contributed by atoms with Gasteiger partial charge in [0, 0.05) is 32.8 Å². The van der Waals surface area contributed by atoms with E-state index in [-0.39, 0.29) is 12.1 Å². The molecule has 0 unspecified atom stereocenters. The largest absolute Gasteiger partial charge is 0.444 e. The molecule has 18 heavy (non-hydrogen) atoms. The first-order valence-corrected chi connectivity index (χ1v) is 6.28. The van der Waals surface area contributed by atoms with E-state index in [1.807, 2.05) is 20.8 Å². The quantitative estimate of drug-likeness (QED) is 0.752. The third-order valence-corrected chi connectivity index (χ3v) is 2.75. The van der Waals surface area contributed by atoms with Crippen molar-refractivity contribution in [2.45, 2.75) is 38.5 Å². The number of ether oxygens (including phenoxy) is 2. The van der Waals surface area contributed by atoms with Crippen LogP contribution in [-0.4, -0.2) is 62.0 Å². The zero-order valence-corrected chi connectivity index (χ0v) is 11.7. The number of rotatable bonds is 4. The summed E-state index contributed by atoms with van der Waals surface area (Å²) in [7, 11) is 1.67. The van der Waals surface area contributed by atoms with E-state index in [0.29, 0.717) is 6.61 Å². The van der Waals surface area contributed by atoms with Gasteiger partial charge in [-0.05, 0) is 20.8 Å². The summed E-state index contributed by atoms with van der Waals surface area (Å²) in [6.07, 6.45) is -0.406. The SMILES string of the molecule is COCCN1C[C@@H](N)[C@H](NC(=O)OC(C)(C)C)C1. The minimum absolute atomic E-state index is 0.0586. The van der Waals surface area contributed by atoms with Crippen molar-refractivity contribution in [3.63, 3.8) is 0 Å². The number of alkyl carbamates (subject to hydrolysis) is 1. The number of nitrogens with one attached hydrogen (secondary N) is 1. The molecule has 0 spiro atoms. The molecule has 1 fully saturated rings. The van der Waals surface area contributed by atoms with Gasteiger partial charge in [-0.25, -0.2) is 4.79 Å². The Bertz CT molecular complexity index is 278. The van der Waals surface area contributed by atoms with E-state index in [2.05, 4.69) is 10.2 Å². The molecule has 1 saturated heterocycles. The second-order valence-corrected chi connectivity index (χ2v) is 5.67. The van der Waals surface area contributed by atoms with Gasteiger partial charge >= 0.3 is 6.09 Å². The lowest BCUT2D eigenvalue weighted by molar-refractivity contribution is 0.0502. The summed E-state index contributed by atoms with van der Waals surface area (Å²) in [5.41, 5.74) is 5.52. The number of carbonyl (C=O) groups is 1. The molecular weight excluding hydrogens is 234 g/mol. The highest BCUT2D eigenvalue weighted by Crippen LogP contribution is 2.11. The van der Waals surface area contributed by atoms with Crippen LogP contribution in [0.1, 0.15) is 20.8 Å². The van der Waals surface area contributed by atoms with Crippen molar-refractivity contribution in [2.24, 2.45) is 5.73 Å². The summed E-state index contributed by atoms with van der Waals surface area (Å²) in [4.78, 5) is 13.8. The van der Waals surface area contributed by atoms with Crippen LogP contribution in [0.25, 0.3) is 0 Å². The molecule has 0 aromatic rings. The molecule has 1 rings (SSSR count). The van der Waals surface area contributed by atoms with Crippen LogP contribution >= 0.6 is 0 Å². The van der Waals surface area contributed by atoms with Crippen LogP contribution in [0.3, 0.4) is 0 Å². The van der Waals surface area contributed by atoms with Gasteiger partial charge in [-0.3, -0.25) is 4.90 Å². The van der Waals surface area contributed by atoms with Crippen molar-refractivity contribution in [3.05, 3.63) is 0 Å². The predicted octanol–water partition coefficient (Wildman–Crippen LogP) is 0.169. The minimum Gasteiger partial charge on any atom is -0.444 e. The fourth-order valence-corrected chi connectivity index (χ4v) is 1.93. The maximum atomic E-state index is 11.6. The van der Waals surface area contributed by atoms with Gasteiger partial charge < -0.3 is 20.5 Å². The highest BCUT2D eigenvalue weighted by Gasteiger charge is 2.32. The van der Waals surface area contributed by atoms with Crippen molar-refractivity contribution in [3.8, 4) is 0 Å². The number of nitrogens with two attached hydrogens (primary N) is 1. The summed E-state index contributed by atoms with van der Waals surface area (Å²) < 4.78 is 10.2. The molecule has 1 amide bonds. The third kappa shape index (κ3) is 5.20. The van der Waals surface area contributed by atoms with Gasteiger partial charge in [0.2, 0.25) is 0 Å². The average Bonchev–Trinajstić information content (AvgIpc) is 2.53. The maximum Gasteiger partial charge on any atom is 0.407 e. The monoisotopic (exact) mass is 259 g/mol. The number of likely N-dealkylation sites (tertiary alicyclic amines) is 1. The summed E-state index contributed by atoms with van der Waals surface area (Å²) >= 11 is 0. The lowest BCUT2D eigenvalue weighted by atomic mass is 10.2. The molecule has 6 nitrogen and oxygen atoms in total. The van der Waals surface area contributed by atoms with Gasteiger partial charge in [0.25, 0.3) is 0 Å². The summed E-state index contributed by atoms with van der Waals surface area (Å²) in [6, 6.07) is -0.119. The van der Waals surface area contributed by atoms with E-state index in [1.54, 1.807) is 7.11 Å². The molecule has 0 bridgehead atoms. The molecule has 1 aliphatic rings. The molecule has 0 radical (unpaired) electrons. The zero-order valence-electron chi connectivity index (χ0n) is 11.7. The summed E-state index contributed by atoms with van der Waals surface area (Å²) in [6.45, 7) is 8.53.